The highest BCUT2D eigenvalue weighted by atomic mass is 16.2. The van der Waals surface area contributed by atoms with Gasteiger partial charge in [0.05, 0.1) is 6.04 Å². The summed E-state index contributed by atoms with van der Waals surface area (Å²) in [6.45, 7) is 5.07. The van der Waals surface area contributed by atoms with E-state index in [9.17, 15) is 9.59 Å². The fourth-order valence-corrected chi connectivity index (χ4v) is 3.39. The second-order valence-corrected chi connectivity index (χ2v) is 7.26. The predicted molar refractivity (Wildman–Crippen MR) is 104 cm³/mol. The lowest BCUT2D eigenvalue weighted by atomic mass is 9.96. The molecule has 3 rings (SSSR count). The van der Waals surface area contributed by atoms with Crippen molar-refractivity contribution < 1.29 is 9.59 Å². The number of amides is 2. The molecule has 1 saturated heterocycles. The lowest BCUT2D eigenvalue weighted by Gasteiger charge is -2.21. The molecule has 1 N–H and O–H groups in total. The molecular formula is C22H26N2O2. The average molecular weight is 350 g/mol. The van der Waals surface area contributed by atoms with Gasteiger partial charge in [0, 0.05) is 24.2 Å². The quantitative estimate of drug-likeness (QED) is 0.843. The molecule has 4 heteroatoms. The normalized spacial score (nSPS) is 15.3. The van der Waals surface area contributed by atoms with Gasteiger partial charge in [-0.15, -0.1) is 0 Å². The van der Waals surface area contributed by atoms with Crippen LogP contribution in [0.2, 0.25) is 0 Å². The summed E-state index contributed by atoms with van der Waals surface area (Å²) >= 11 is 0. The molecule has 1 aliphatic rings. The van der Waals surface area contributed by atoms with E-state index in [0.717, 1.165) is 30.6 Å². The van der Waals surface area contributed by atoms with Crippen LogP contribution in [0.15, 0.2) is 54.6 Å². The van der Waals surface area contributed by atoms with Crippen LogP contribution in [0.5, 0.6) is 0 Å². The van der Waals surface area contributed by atoms with Gasteiger partial charge in [0.25, 0.3) is 5.91 Å². The SMILES string of the molecule is CC(C)CC(NC(=O)c1ccc(N2CCCC2=O)cc1)c1ccccc1. The summed E-state index contributed by atoms with van der Waals surface area (Å²) in [5.41, 5.74) is 2.60. The summed E-state index contributed by atoms with van der Waals surface area (Å²) in [5.74, 6) is 0.547. The molecule has 0 aromatic heterocycles. The average Bonchev–Trinajstić information content (AvgIpc) is 3.07. The van der Waals surface area contributed by atoms with E-state index in [2.05, 4.69) is 31.3 Å². The van der Waals surface area contributed by atoms with E-state index in [-0.39, 0.29) is 17.9 Å². The Balaban J connectivity index is 1.72. The summed E-state index contributed by atoms with van der Waals surface area (Å²) in [5, 5.41) is 3.16. The van der Waals surface area contributed by atoms with Crippen LogP contribution in [0, 0.1) is 5.92 Å². The van der Waals surface area contributed by atoms with Crippen LogP contribution in [0.3, 0.4) is 0 Å². The topological polar surface area (TPSA) is 49.4 Å². The number of hydrogen-bond donors (Lipinski definition) is 1. The van der Waals surface area contributed by atoms with Gasteiger partial charge in [0.15, 0.2) is 0 Å². The molecule has 1 heterocycles. The first kappa shape index (κ1) is 18.2. The third-order valence-corrected chi connectivity index (χ3v) is 4.73. The van der Waals surface area contributed by atoms with Crippen molar-refractivity contribution in [2.45, 2.75) is 39.2 Å². The number of carbonyl (C=O) groups is 2. The van der Waals surface area contributed by atoms with Gasteiger partial charge in [-0.25, -0.2) is 0 Å². The summed E-state index contributed by atoms with van der Waals surface area (Å²) in [6, 6.07) is 17.4. The summed E-state index contributed by atoms with van der Waals surface area (Å²) in [4.78, 5) is 26.3. The van der Waals surface area contributed by atoms with E-state index < -0.39 is 0 Å². The molecule has 0 aliphatic carbocycles. The molecule has 4 nitrogen and oxygen atoms in total. The zero-order valence-corrected chi connectivity index (χ0v) is 15.4. The molecule has 0 spiro atoms. The van der Waals surface area contributed by atoms with Gasteiger partial charge >= 0.3 is 0 Å². The van der Waals surface area contributed by atoms with Crippen LogP contribution in [0.4, 0.5) is 5.69 Å². The zero-order valence-electron chi connectivity index (χ0n) is 15.4. The van der Waals surface area contributed by atoms with Crippen molar-refractivity contribution in [1.82, 2.24) is 5.32 Å². The van der Waals surface area contributed by atoms with Crippen molar-refractivity contribution in [3.8, 4) is 0 Å². The molecule has 1 unspecified atom stereocenters. The maximum Gasteiger partial charge on any atom is 0.251 e. The van der Waals surface area contributed by atoms with Crippen molar-refractivity contribution in [3.05, 3.63) is 65.7 Å². The van der Waals surface area contributed by atoms with Crippen molar-refractivity contribution in [1.29, 1.82) is 0 Å². The lowest BCUT2D eigenvalue weighted by molar-refractivity contribution is -0.117. The first-order valence-corrected chi connectivity index (χ1v) is 9.31. The maximum atomic E-state index is 12.7. The number of nitrogens with one attached hydrogen (secondary N) is 1. The largest absolute Gasteiger partial charge is 0.345 e. The van der Waals surface area contributed by atoms with Crippen molar-refractivity contribution in [2.24, 2.45) is 5.92 Å². The van der Waals surface area contributed by atoms with Crippen molar-refractivity contribution in [2.75, 3.05) is 11.4 Å². The van der Waals surface area contributed by atoms with Crippen LogP contribution in [0.25, 0.3) is 0 Å². The van der Waals surface area contributed by atoms with Gasteiger partial charge in [-0.2, -0.15) is 0 Å². The number of nitrogens with zero attached hydrogens (tertiary/aromatic N) is 1. The van der Waals surface area contributed by atoms with Crippen LogP contribution in [-0.4, -0.2) is 18.4 Å². The monoisotopic (exact) mass is 350 g/mol. The van der Waals surface area contributed by atoms with Crippen molar-refractivity contribution >= 4 is 17.5 Å². The Morgan fingerprint density at radius 3 is 2.35 bits per heavy atom. The first-order chi connectivity index (χ1) is 12.5. The van der Waals surface area contributed by atoms with Gasteiger partial charge in [0.2, 0.25) is 5.91 Å². The molecule has 26 heavy (non-hydrogen) atoms. The number of rotatable bonds is 6. The number of benzene rings is 2. The zero-order chi connectivity index (χ0) is 18.5. The fraction of sp³-hybridized carbons (Fsp3) is 0.364. The molecule has 1 fully saturated rings. The highest BCUT2D eigenvalue weighted by Crippen LogP contribution is 2.24. The van der Waals surface area contributed by atoms with E-state index in [4.69, 9.17) is 0 Å². The molecule has 2 aromatic carbocycles. The van der Waals surface area contributed by atoms with E-state index in [1.807, 2.05) is 30.3 Å². The third kappa shape index (κ3) is 4.31. The van der Waals surface area contributed by atoms with Gasteiger partial charge in [-0.3, -0.25) is 9.59 Å². The number of carbonyl (C=O) groups excluding carboxylic acids is 2. The Morgan fingerprint density at radius 1 is 1.08 bits per heavy atom. The second kappa shape index (κ2) is 8.17. The molecule has 2 aromatic rings. The predicted octanol–water partition coefficient (Wildman–Crippen LogP) is 4.33. The molecule has 2 amide bonds. The molecular weight excluding hydrogens is 324 g/mol. The molecule has 1 aliphatic heterocycles. The Labute approximate surface area is 155 Å². The smallest absolute Gasteiger partial charge is 0.251 e. The Hall–Kier alpha value is -2.62. The van der Waals surface area contributed by atoms with Gasteiger partial charge < -0.3 is 10.2 Å². The molecule has 136 valence electrons. The minimum absolute atomic E-state index is 0.0106. The van der Waals surface area contributed by atoms with Crippen molar-refractivity contribution in [3.63, 3.8) is 0 Å². The molecule has 0 bridgehead atoms. The second-order valence-electron chi connectivity index (χ2n) is 7.26. The van der Waals surface area contributed by atoms with E-state index >= 15 is 0 Å². The minimum Gasteiger partial charge on any atom is -0.345 e. The number of anilines is 1. The van der Waals surface area contributed by atoms with Gasteiger partial charge in [-0.05, 0) is 48.6 Å². The van der Waals surface area contributed by atoms with Crippen LogP contribution < -0.4 is 10.2 Å². The molecule has 0 saturated carbocycles. The lowest BCUT2D eigenvalue weighted by Crippen LogP contribution is -2.29. The highest BCUT2D eigenvalue weighted by molar-refractivity contribution is 5.97. The molecule has 1 atom stereocenters. The summed E-state index contributed by atoms with van der Waals surface area (Å²) < 4.78 is 0. The Morgan fingerprint density at radius 2 is 1.77 bits per heavy atom. The van der Waals surface area contributed by atoms with E-state index in [1.54, 1.807) is 17.0 Å². The number of hydrogen-bond acceptors (Lipinski definition) is 2. The Bertz CT molecular complexity index is 753. The van der Waals surface area contributed by atoms with Crippen LogP contribution in [-0.2, 0) is 4.79 Å². The van der Waals surface area contributed by atoms with E-state index in [1.165, 1.54) is 0 Å². The standard InChI is InChI=1S/C22H26N2O2/c1-16(2)15-20(17-7-4-3-5-8-17)23-22(26)18-10-12-19(13-11-18)24-14-6-9-21(24)25/h3-5,7-8,10-13,16,20H,6,9,14-15H2,1-2H3,(H,23,26). The molecule has 0 radical (unpaired) electrons. The van der Waals surface area contributed by atoms with Crippen LogP contribution in [0.1, 0.15) is 55.1 Å². The Kier molecular flexibility index (Phi) is 5.71. The van der Waals surface area contributed by atoms with E-state index in [0.29, 0.717) is 17.9 Å². The maximum absolute atomic E-state index is 12.7. The summed E-state index contributed by atoms with van der Waals surface area (Å²) in [7, 11) is 0. The first-order valence-electron chi connectivity index (χ1n) is 9.31. The third-order valence-electron chi connectivity index (χ3n) is 4.73. The van der Waals surface area contributed by atoms with Crippen LogP contribution >= 0.6 is 0 Å². The van der Waals surface area contributed by atoms with Gasteiger partial charge in [0.1, 0.15) is 0 Å². The summed E-state index contributed by atoms with van der Waals surface area (Å²) in [6.07, 6.45) is 2.39. The highest BCUT2D eigenvalue weighted by Gasteiger charge is 2.22. The minimum atomic E-state index is -0.0844. The fourth-order valence-electron chi connectivity index (χ4n) is 3.39. The van der Waals surface area contributed by atoms with Gasteiger partial charge in [-0.1, -0.05) is 44.2 Å².